The number of halogens is 1. The maximum Gasteiger partial charge on any atom is 0.306 e. The predicted molar refractivity (Wildman–Crippen MR) is 144 cm³/mol. The van der Waals surface area contributed by atoms with Gasteiger partial charge >= 0.3 is 5.97 Å². The number of benzene rings is 3. The Morgan fingerprint density at radius 1 is 1.11 bits per heavy atom. The quantitative estimate of drug-likeness (QED) is 0.257. The molecule has 0 spiro atoms. The first-order chi connectivity index (χ1) is 18.4. The van der Waals surface area contributed by atoms with Crippen LogP contribution < -0.4 is 14.2 Å². The third kappa shape index (κ3) is 5.64. The van der Waals surface area contributed by atoms with Gasteiger partial charge in [0.1, 0.15) is 34.9 Å². The van der Waals surface area contributed by atoms with E-state index in [-0.39, 0.29) is 24.1 Å². The van der Waals surface area contributed by atoms with Crippen molar-refractivity contribution in [3.63, 3.8) is 0 Å². The largest absolute Gasteiger partial charge is 0.492 e. The molecule has 1 aliphatic carbocycles. The van der Waals surface area contributed by atoms with Crippen molar-refractivity contribution in [2.75, 3.05) is 13.7 Å². The second kappa shape index (κ2) is 11.5. The zero-order chi connectivity index (χ0) is 26.6. The second-order valence-electron chi connectivity index (χ2n) is 10.4. The zero-order valence-corrected chi connectivity index (χ0v) is 22.3. The maximum absolute atomic E-state index is 15.0. The first-order valence-corrected chi connectivity index (χ1v) is 13.5. The van der Waals surface area contributed by atoms with E-state index in [2.05, 4.69) is 26.0 Å². The highest BCUT2D eigenvalue weighted by Gasteiger charge is 2.32. The van der Waals surface area contributed by atoms with Crippen LogP contribution in [0.5, 0.6) is 23.0 Å². The van der Waals surface area contributed by atoms with E-state index in [0.29, 0.717) is 48.2 Å². The minimum absolute atomic E-state index is 0.0373. The minimum atomic E-state index is -0.415. The highest BCUT2D eigenvalue weighted by molar-refractivity contribution is 5.71. The van der Waals surface area contributed by atoms with Crippen LogP contribution in [0.2, 0.25) is 0 Å². The number of methoxy groups -OCH3 is 1. The van der Waals surface area contributed by atoms with Crippen LogP contribution in [-0.2, 0) is 22.4 Å². The van der Waals surface area contributed by atoms with Crippen molar-refractivity contribution >= 4 is 5.97 Å². The van der Waals surface area contributed by atoms with E-state index in [4.69, 9.17) is 18.9 Å². The Morgan fingerprint density at radius 2 is 1.89 bits per heavy atom. The standard InChI is InChI=1S/C32H35FO5/c1-4-5-20(2)16-21-6-8-23(9-7-21)37-28-15-13-27(33)32-26(28)12-14-29(32)38-24-10-11-25-22(17-31(34)35-3)19-36-30(25)18-24/h6-11,13,15,18,20,22,29H,4-5,12,14,16-17,19H2,1-3H3. The lowest BCUT2D eigenvalue weighted by atomic mass is 9.97. The molecular weight excluding hydrogens is 483 g/mol. The van der Waals surface area contributed by atoms with Crippen LogP contribution in [0.1, 0.15) is 73.8 Å². The van der Waals surface area contributed by atoms with Gasteiger partial charge in [-0.05, 0) is 61.1 Å². The molecule has 1 heterocycles. The predicted octanol–water partition coefficient (Wildman–Crippen LogP) is 7.70. The number of hydrogen-bond donors (Lipinski definition) is 0. The molecule has 0 saturated carbocycles. The molecule has 3 unspecified atom stereocenters. The van der Waals surface area contributed by atoms with Crippen LogP contribution in [0.25, 0.3) is 0 Å². The van der Waals surface area contributed by atoms with Gasteiger partial charge in [-0.2, -0.15) is 0 Å². The van der Waals surface area contributed by atoms with Gasteiger partial charge in [-0.1, -0.05) is 44.9 Å². The molecule has 0 fully saturated rings. The van der Waals surface area contributed by atoms with Crippen molar-refractivity contribution in [2.45, 2.75) is 64.4 Å². The summed E-state index contributed by atoms with van der Waals surface area (Å²) in [5.74, 6) is 2.78. The molecule has 0 radical (unpaired) electrons. The van der Waals surface area contributed by atoms with Gasteiger partial charge in [0.2, 0.25) is 0 Å². The van der Waals surface area contributed by atoms with Gasteiger partial charge in [0.05, 0.1) is 20.1 Å². The number of hydrogen-bond acceptors (Lipinski definition) is 5. The summed E-state index contributed by atoms with van der Waals surface area (Å²) >= 11 is 0. The van der Waals surface area contributed by atoms with E-state index < -0.39 is 6.10 Å². The molecule has 0 saturated heterocycles. The molecule has 3 aromatic carbocycles. The van der Waals surface area contributed by atoms with Gasteiger partial charge in [0.15, 0.2) is 0 Å². The highest BCUT2D eigenvalue weighted by Crippen LogP contribution is 2.44. The molecule has 200 valence electrons. The van der Waals surface area contributed by atoms with E-state index in [0.717, 1.165) is 23.3 Å². The van der Waals surface area contributed by atoms with Crippen LogP contribution in [0, 0.1) is 11.7 Å². The lowest BCUT2D eigenvalue weighted by molar-refractivity contribution is -0.141. The number of fused-ring (bicyclic) bond motifs is 2. The van der Waals surface area contributed by atoms with Crippen molar-refractivity contribution in [3.05, 3.63) is 82.7 Å². The number of rotatable bonds is 10. The van der Waals surface area contributed by atoms with Crippen LogP contribution in [0.4, 0.5) is 4.39 Å². The van der Waals surface area contributed by atoms with Gasteiger partial charge in [-0.15, -0.1) is 0 Å². The fourth-order valence-electron chi connectivity index (χ4n) is 5.62. The second-order valence-corrected chi connectivity index (χ2v) is 10.4. The Balaban J connectivity index is 1.28. The number of esters is 1. The van der Waals surface area contributed by atoms with Crippen LogP contribution >= 0.6 is 0 Å². The molecule has 6 heteroatoms. The number of carbonyl (C=O) groups is 1. The van der Waals surface area contributed by atoms with E-state index in [1.54, 1.807) is 6.07 Å². The van der Waals surface area contributed by atoms with Gasteiger partial charge in [0, 0.05) is 28.7 Å². The number of carbonyl (C=O) groups excluding carboxylic acids is 1. The fourth-order valence-corrected chi connectivity index (χ4v) is 5.62. The van der Waals surface area contributed by atoms with Crippen LogP contribution in [-0.4, -0.2) is 19.7 Å². The molecule has 0 bridgehead atoms. The number of ether oxygens (including phenoxy) is 4. The van der Waals surface area contributed by atoms with Gasteiger partial charge < -0.3 is 18.9 Å². The summed E-state index contributed by atoms with van der Waals surface area (Å²) in [7, 11) is 1.39. The molecule has 3 atom stereocenters. The van der Waals surface area contributed by atoms with Crippen molar-refractivity contribution < 1.29 is 28.1 Å². The van der Waals surface area contributed by atoms with Crippen LogP contribution in [0.15, 0.2) is 54.6 Å². The molecule has 1 aliphatic heterocycles. The molecular formula is C32H35FO5. The molecule has 0 N–H and O–H groups in total. The Kier molecular flexibility index (Phi) is 7.87. The molecule has 0 amide bonds. The third-order valence-electron chi connectivity index (χ3n) is 7.54. The molecule has 38 heavy (non-hydrogen) atoms. The molecule has 5 nitrogen and oxygen atoms in total. The van der Waals surface area contributed by atoms with Gasteiger partial charge in [0.25, 0.3) is 0 Å². The smallest absolute Gasteiger partial charge is 0.306 e. The van der Waals surface area contributed by atoms with E-state index in [1.165, 1.54) is 31.6 Å². The Hall–Kier alpha value is -3.54. The lowest BCUT2D eigenvalue weighted by Crippen LogP contribution is -2.09. The summed E-state index contributed by atoms with van der Waals surface area (Å²) in [5.41, 5.74) is 3.66. The van der Waals surface area contributed by atoms with E-state index in [1.807, 2.05) is 30.3 Å². The van der Waals surface area contributed by atoms with E-state index in [9.17, 15) is 4.79 Å². The minimum Gasteiger partial charge on any atom is -0.492 e. The van der Waals surface area contributed by atoms with Gasteiger partial charge in [-0.3, -0.25) is 4.79 Å². The van der Waals surface area contributed by atoms with Crippen molar-refractivity contribution in [3.8, 4) is 23.0 Å². The topological polar surface area (TPSA) is 54.0 Å². The summed E-state index contributed by atoms with van der Waals surface area (Å²) in [4.78, 5) is 11.7. The Labute approximate surface area is 223 Å². The molecule has 3 aromatic rings. The summed E-state index contributed by atoms with van der Waals surface area (Å²) in [5, 5.41) is 0. The SMILES string of the molecule is CCCC(C)Cc1ccc(Oc2ccc(F)c3c2CCC3Oc2ccc3c(c2)OCC3CC(=O)OC)cc1. The normalized spacial score (nSPS) is 18.3. The summed E-state index contributed by atoms with van der Waals surface area (Å²) in [6, 6.07) is 17.0. The van der Waals surface area contributed by atoms with Gasteiger partial charge in [-0.25, -0.2) is 4.39 Å². The highest BCUT2D eigenvalue weighted by atomic mass is 19.1. The van der Waals surface area contributed by atoms with E-state index >= 15 is 4.39 Å². The Morgan fingerprint density at radius 3 is 2.66 bits per heavy atom. The monoisotopic (exact) mass is 518 g/mol. The third-order valence-corrected chi connectivity index (χ3v) is 7.54. The maximum atomic E-state index is 15.0. The van der Waals surface area contributed by atoms with Crippen molar-refractivity contribution in [1.82, 2.24) is 0 Å². The average Bonchev–Trinajstić information content (AvgIpc) is 3.51. The molecule has 2 aliphatic rings. The molecule has 0 aromatic heterocycles. The zero-order valence-electron chi connectivity index (χ0n) is 22.3. The summed E-state index contributed by atoms with van der Waals surface area (Å²) < 4.78 is 38.1. The lowest BCUT2D eigenvalue weighted by Gasteiger charge is -2.17. The van der Waals surface area contributed by atoms with Crippen molar-refractivity contribution in [1.29, 1.82) is 0 Å². The fraction of sp³-hybridized carbons (Fsp3) is 0.406. The average molecular weight is 519 g/mol. The first kappa shape index (κ1) is 26.1. The summed E-state index contributed by atoms with van der Waals surface area (Å²) in [6.07, 6.45) is 4.65. The van der Waals surface area contributed by atoms with Crippen molar-refractivity contribution in [2.24, 2.45) is 5.92 Å². The van der Waals surface area contributed by atoms with Crippen LogP contribution in [0.3, 0.4) is 0 Å². The Bertz CT molecular complexity index is 1290. The first-order valence-electron chi connectivity index (χ1n) is 13.5. The summed E-state index contributed by atoms with van der Waals surface area (Å²) in [6.45, 7) is 4.92. The molecule has 5 rings (SSSR count).